The van der Waals surface area contributed by atoms with Gasteiger partial charge in [0, 0.05) is 12.6 Å². The van der Waals surface area contributed by atoms with Gasteiger partial charge < -0.3 is 9.30 Å². The zero-order valence-electron chi connectivity index (χ0n) is 11.4. The first-order valence-electron chi connectivity index (χ1n) is 5.86. The molecule has 0 aliphatic heterocycles. The summed E-state index contributed by atoms with van der Waals surface area (Å²) < 4.78 is 6.30. The number of esters is 1. The van der Waals surface area contributed by atoms with Crippen molar-refractivity contribution in [2.45, 2.75) is 39.3 Å². The number of halogens is 1. The lowest BCUT2D eigenvalue weighted by molar-refractivity contribution is -0.385. The number of aromatic nitrogens is 1. The van der Waals surface area contributed by atoms with Gasteiger partial charge in [0.2, 0.25) is 0 Å². The number of pyridine rings is 1. The van der Waals surface area contributed by atoms with Crippen molar-refractivity contribution in [1.82, 2.24) is 4.57 Å². The van der Waals surface area contributed by atoms with Gasteiger partial charge in [-0.3, -0.25) is 19.7 Å². The average molecular weight is 347 g/mol. The highest BCUT2D eigenvalue weighted by Crippen LogP contribution is 2.15. The molecule has 0 spiro atoms. The molecule has 0 radical (unpaired) electrons. The Morgan fingerprint density at radius 2 is 2.10 bits per heavy atom. The molecule has 1 aromatic heterocycles. The number of rotatable bonds is 4. The molecule has 0 unspecified atom stereocenters. The monoisotopic (exact) mass is 346 g/mol. The molecular weight excluding hydrogens is 332 g/mol. The Labute approximate surface area is 123 Å². The van der Waals surface area contributed by atoms with Crippen LogP contribution in [0.2, 0.25) is 0 Å². The lowest BCUT2D eigenvalue weighted by Gasteiger charge is -2.19. The molecule has 110 valence electrons. The van der Waals surface area contributed by atoms with Crippen molar-refractivity contribution in [2.75, 3.05) is 0 Å². The molecule has 0 bridgehead atoms. The number of hydrogen-bond donors (Lipinski definition) is 0. The number of nitrogens with zero attached hydrogens (tertiary/aromatic N) is 2. The summed E-state index contributed by atoms with van der Waals surface area (Å²) >= 11 is 2.97. The van der Waals surface area contributed by atoms with Crippen LogP contribution < -0.4 is 5.56 Å². The topological polar surface area (TPSA) is 91.4 Å². The molecule has 1 heterocycles. The van der Waals surface area contributed by atoms with Crippen molar-refractivity contribution in [3.8, 4) is 0 Å². The molecular formula is C12H15BrN2O5. The summed E-state index contributed by atoms with van der Waals surface area (Å²) in [5, 5.41) is 10.7. The Morgan fingerprint density at radius 1 is 1.50 bits per heavy atom. The maximum Gasteiger partial charge on any atom is 0.308 e. The van der Waals surface area contributed by atoms with Gasteiger partial charge in [0.25, 0.3) is 11.2 Å². The van der Waals surface area contributed by atoms with E-state index in [4.69, 9.17) is 4.74 Å². The van der Waals surface area contributed by atoms with Crippen molar-refractivity contribution in [3.63, 3.8) is 0 Å². The lowest BCUT2D eigenvalue weighted by atomic mass is 10.2. The van der Waals surface area contributed by atoms with E-state index in [2.05, 4.69) is 15.9 Å². The van der Waals surface area contributed by atoms with Gasteiger partial charge in [-0.05, 0) is 36.7 Å². The van der Waals surface area contributed by atoms with Crippen molar-refractivity contribution in [2.24, 2.45) is 0 Å². The van der Waals surface area contributed by atoms with Gasteiger partial charge in [-0.25, -0.2) is 0 Å². The van der Waals surface area contributed by atoms with Gasteiger partial charge in [-0.2, -0.15) is 0 Å². The minimum Gasteiger partial charge on any atom is -0.460 e. The summed E-state index contributed by atoms with van der Waals surface area (Å²) in [5.41, 5.74) is -1.26. The standard InChI is InChI=1S/C12H15BrN2O5/c1-12(2,3)20-10(16)4-5-14-7-8(15(18)19)6-9(13)11(14)17/h6-7H,4-5H2,1-3H3. The van der Waals surface area contributed by atoms with Crippen LogP contribution in [-0.2, 0) is 16.1 Å². The summed E-state index contributed by atoms with van der Waals surface area (Å²) in [5.74, 6) is -0.466. The summed E-state index contributed by atoms with van der Waals surface area (Å²) in [4.78, 5) is 33.5. The van der Waals surface area contributed by atoms with Crippen LogP contribution >= 0.6 is 15.9 Å². The molecule has 0 saturated carbocycles. The first kappa shape index (κ1) is 16.4. The molecule has 0 atom stereocenters. The van der Waals surface area contributed by atoms with Crippen LogP contribution in [0.5, 0.6) is 0 Å². The number of aryl methyl sites for hydroxylation is 1. The van der Waals surface area contributed by atoms with E-state index >= 15 is 0 Å². The predicted octanol–water partition coefficient (Wildman–Crippen LogP) is 2.25. The van der Waals surface area contributed by atoms with Crippen LogP contribution in [0.4, 0.5) is 5.69 Å². The second kappa shape index (κ2) is 6.17. The number of nitro groups is 1. The zero-order valence-corrected chi connectivity index (χ0v) is 13.0. The molecule has 0 N–H and O–H groups in total. The fourth-order valence-electron chi connectivity index (χ4n) is 1.45. The molecule has 20 heavy (non-hydrogen) atoms. The van der Waals surface area contributed by atoms with Gasteiger partial charge in [0.05, 0.1) is 22.0 Å². The molecule has 0 aromatic carbocycles. The Hall–Kier alpha value is -1.70. The highest BCUT2D eigenvalue weighted by molar-refractivity contribution is 9.10. The van der Waals surface area contributed by atoms with Crippen molar-refractivity contribution < 1.29 is 14.5 Å². The highest BCUT2D eigenvalue weighted by atomic mass is 79.9. The summed E-state index contributed by atoms with van der Waals surface area (Å²) in [6, 6.07) is 1.13. The molecule has 0 aliphatic rings. The third kappa shape index (κ3) is 4.76. The van der Waals surface area contributed by atoms with Crippen molar-refractivity contribution in [1.29, 1.82) is 0 Å². The van der Waals surface area contributed by atoms with E-state index in [0.29, 0.717) is 0 Å². The van der Waals surface area contributed by atoms with E-state index in [1.807, 2.05) is 0 Å². The molecule has 1 aromatic rings. The van der Waals surface area contributed by atoms with E-state index in [0.717, 1.165) is 16.8 Å². The fraction of sp³-hybridized carbons (Fsp3) is 0.500. The minimum atomic E-state index is -0.606. The molecule has 0 aliphatic carbocycles. The Balaban J connectivity index is 2.85. The molecule has 8 heteroatoms. The maximum atomic E-state index is 11.8. The van der Waals surface area contributed by atoms with Crippen molar-refractivity contribution >= 4 is 27.6 Å². The quantitative estimate of drug-likeness (QED) is 0.473. The predicted molar refractivity (Wildman–Crippen MR) is 75.5 cm³/mol. The van der Waals surface area contributed by atoms with Gasteiger partial charge in [0.15, 0.2) is 0 Å². The Morgan fingerprint density at radius 3 is 2.60 bits per heavy atom. The van der Waals surface area contributed by atoms with E-state index in [9.17, 15) is 19.7 Å². The molecule has 1 rings (SSSR count). The van der Waals surface area contributed by atoms with Gasteiger partial charge in [-0.1, -0.05) is 0 Å². The third-order valence-electron chi connectivity index (χ3n) is 2.22. The van der Waals surface area contributed by atoms with Crippen molar-refractivity contribution in [3.05, 3.63) is 37.2 Å². The van der Waals surface area contributed by atoms with E-state index in [1.165, 1.54) is 0 Å². The number of carbonyl (C=O) groups is 1. The number of carbonyl (C=O) groups excluding carboxylic acids is 1. The van der Waals surface area contributed by atoms with Gasteiger partial charge >= 0.3 is 5.97 Å². The first-order chi connectivity index (χ1) is 9.10. The van der Waals surface area contributed by atoms with Crippen LogP contribution in [-0.4, -0.2) is 21.1 Å². The fourth-order valence-corrected chi connectivity index (χ4v) is 1.92. The van der Waals surface area contributed by atoms with Crippen LogP contribution in [0.1, 0.15) is 27.2 Å². The van der Waals surface area contributed by atoms with Crippen LogP contribution in [0.15, 0.2) is 21.5 Å². The first-order valence-corrected chi connectivity index (χ1v) is 6.65. The van der Waals surface area contributed by atoms with Gasteiger partial charge in [-0.15, -0.1) is 0 Å². The van der Waals surface area contributed by atoms with E-state index in [-0.39, 0.29) is 23.1 Å². The van der Waals surface area contributed by atoms with Crippen LogP contribution in [0, 0.1) is 10.1 Å². The summed E-state index contributed by atoms with van der Waals surface area (Å²) in [6.45, 7) is 5.23. The number of hydrogen-bond acceptors (Lipinski definition) is 5. The smallest absolute Gasteiger partial charge is 0.308 e. The van der Waals surface area contributed by atoms with Gasteiger partial charge in [0.1, 0.15) is 5.60 Å². The molecule has 7 nitrogen and oxygen atoms in total. The average Bonchev–Trinajstić information content (AvgIpc) is 2.28. The Kier molecular flexibility index (Phi) is 5.04. The third-order valence-corrected chi connectivity index (χ3v) is 2.78. The largest absolute Gasteiger partial charge is 0.460 e. The van der Waals surface area contributed by atoms with Crippen LogP contribution in [0.3, 0.4) is 0 Å². The normalized spacial score (nSPS) is 11.2. The second-order valence-corrected chi connectivity index (χ2v) is 5.99. The zero-order chi connectivity index (χ0) is 15.5. The Bertz CT molecular complexity index is 588. The lowest BCUT2D eigenvalue weighted by Crippen LogP contribution is -2.27. The molecule has 0 saturated heterocycles. The highest BCUT2D eigenvalue weighted by Gasteiger charge is 2.17. The SMILES string of the molecule is CC(C)(C)OC(=O)CCn1cc([N+](=O)[O-])cc(Br)c1=O. The van der Waals surface area contributed by atoms with E-state index in [1.54, 1.807) is 20.8 Å². The molecule has 0 fully saturated rings. The maximum absolute atomic E-state index is 11.8. The number of ether oxygens (including phenoxy) is 1. The minimum absolute atomic E-state index is 0.0219. The summed E-state index contributed by atoms with van der Waals surface area (Å²) in [6.07, 6.45) is 1.07. The second-order valence-electron chi connectivity index (χ2n) is 5.14. The van der Waals surface area contributed by atoms with E-state index < -0.39 is 22.1 Å². The summed E-state index contributed by atoms with van der Waals surface area (Å²) in [7, 11) is 0. The molecule has 0 amide bonds. The van der Waals surface area contributed by atoms with Crippen LogP contribution in [0.25, 0.3) is 0 Å².